The van der Waals surface area contributed by atoms with E-state index in [4.69, 9.17) is 0 Å². The first kappa shape index (κ1) is 14.7. The zero-order chi connectivity index (χ0) is 15.6. The summed E-state index contributed by atoms with van der Waals surface area (Å²) in [5.41, 5.74) is 2.61. The number of H-pyrrole nitrogens is 1. The average molecular weight is 312 g/mol. The van der Waals surface area contributed by atoms with Gasteiger partial charge in [0.1, 0.15) is 0 Å². The van der Waals surface area contributed by atoms with E-state index < -0.39 is 0 Å². The van der Waals surface area contributed by atoms with Crippen molar-refractivity contribution in [3.63, 3.8) is 0 Å². The molecule has 1 N–H and O–H groups in total. The van der Waals surface area contributed by atoms with Gasteiger partial charge in [0.05, 0.1) is 17.4 Å². The maximum Gasteiger partial charge on any atom is 0.253 e. The Balaban J connectivity index is 1.45. The van der Waals surface area contributed by atoms with Crippen LogP contribution in [0.5, 0.6) is 0 Å². The van der Waals surface area contributed by atoms with Gasteiger partial charge >= 0.3 is 0 Å². The largest absolute Gasteiger partial charge is 0.345 e. The van der Waals surface area contributed by atoms with Gasteiger partial charge in [-0.05, 0) is 63.4 Å². The molecule has 2 aliphatic rings. The van der Waals surface area contributed by atoms with Gasteiger partial charge in [0.2, 0.25) is 0 Å². The Labute approximate surface area is 136 Å². The molecule has 2 saturated heterocycles. The Morgan fingerprint density at radius 3 is 2.83 bits per heavy atom. The molecule has 0 aliphatic carbocycles. The van der Waals surface area contributed by atoms with Gasteiger partial charge in [-0.3, -0.25) is 4.79 Å². The van der Waals surface area contributed by atoms with Crippen molar-refractivity contribution in [1.82, 2.24) is 19.8 Å². The molecule has 1 aromatic heterocycles. The molecule has 23 heavy (non-hydrogen) atoms. The third-order valence-electron chi connectivity index (χ3n) is 5.31. The zero-order valence-electron chi connectivity index (χ0n) is 13.5. The van der Waals surface area contributed by atoms with Crippen molar-refractivity contribution in [2.45, 2.75) is 38.1 Å². The van der Waals surface area contributed by atoms with Crippen LogP contribution in [0.2, 0.25) is 0 Å². The molecule has 0 radical (unpaired) electrons. The fraction of sp³-hybridized carbons (Fsp3) is 0.556. The third kappa shape index (κ3) is 2.98. The Morgan fingerprint density at radius 1 is 1.09 bits per heavy atom. The van der Waals surface area contributed by atoms with Gasteiger partial charge < -0.3 is 14.8 Å². The lowest BCUT2D eigenvalue weighted by Crippen LogP contribution is -2.35. The first-order valence-corrected chi connectivity index (χ1v) is 8.78. The molecule has 0 saturated carbocycles. The standard InChI is InChI=1S/C18H24N4O/c23-18(14-5-6-16-17(12-14)20-13-19-16)22-10-3-4-15(7-11-22)21-8-1-2-9-21/h5-6,12-13,15H,1-4,7-11H2,(H,19,20). The number of imidazole rings is 1. The minimum atomic E-state index is 0.156. The number of hydrogen-bond donors (Lipinski definition) is 1. The van der Waals surface area contributed by atoms with Gasteiger partial charge in [0.25, 0.3) is 5.91 Å². The van der Waals surface area contributed by atoms with E-state index in [-0.39, 0.29) is 5.91 Å². The lowest BCUT2D eigenvalue weighted by molar-refractivity contribution is 0.0758. The second-order valence-corrected chi connectivity index (χ2v) is 6.75. The van der Waals surface area contributed by atoms with E-state index in [1.54, 1.807) is 6.33 Å². The lowest BCUT2D eigenvalue weighted by Gasteiger charge is -2.26. The molecule has 4 rings (SSSR count). The monoisotopic (exact) mass is 312 g/mol. The highest BCUT2D eigenvalue weighted by Crippen LogP contribution is 2.22. The van der Waals surface area contributed by atoms with Crippen LogP contribution in [0.1, 0.15) is 42.5 Å². The summed E-state index contributed by atoms with van der Waals surface area (Å²) in [4.78, 5) is 24.8. The number of likely N-dealkylation sites (tertiary alicyclic amines) is 2. The summed E-state index contributed by atoms with van der Waals surface area (Å²) in [7, 11) is 0. The molecule has 3 heterocycles. The Kier molecular flexibility index (Phi) is 4.04. The Hall–Kier alpha value is -1.88. The van der Waals surface area contributed by atoms with Crippen LogP contribution in [-0.4, -0.2) is 57.9 Å². The smallest absolute Gasteiger partial charge is 0.253 e. The maximum atomic E-state index is 12.8. The number of fused-ring (bicyclic) bond motifs is 1. The molecule has 5 heteroatoms. The van der Waals surface area contributed by atoms with E-state index in [0.717, 1.165) is 42.5 Å². The number of amides is 1. The van der Waals surface area contributed by atoms with Crippen LogP contribution in [-0.2, 0) is 0 Å². The van der Waals surface area contributed by atoms with Gasteiger partial charge in [-0.25, -0.2) is 4.98 Å². The highest BCUT2D eigenvalue weighted by atomic mass is 16.2. The van der Waals surface area contributed by atoms with Gasteiger partial charge in [0, 0.05) is 24.7 Å². The molecule has 2 fully saturated rings. The second kappa shape index (κ2) is 6.32. The maximum absolute atomic E-state index is 12.8. The lowest BCUT2D eigenvalue weighted by atomic mass is 10.1. The van der Waals surface area contributed by atoms with Crippen LogP contribution in [0.4, 0.5) is 0 Å². The summed E-state index contributed by atoms with van der Waals surface area (Å²) in [6.45, 7) is 4.25. The van der Waals surface area contributed by atoms with Crippen LogP contribution in [0.25, 0.3) is 11.0 Å². The van der Waals surface area contributed by atoms with Crippen molar-refractivity contribution in [3.8, 4) is 0 Å². The number of aromatic amines is 1. The number of aromatic nitrogens is 2. The SMILES string of the molecule is O=C(c1ccc2nc[nH]c2c1)N1CCCC(N2CCCC2)CC1. The van der Waals surface area contributed by atoms with Crippen molar-refractivity contribution in [1.29, 1.82) is 0 Å². The fourth-order valence-corrected chi connectivity index (χ4v) is 4.00. The van der Waals surface area contributed by atoms with E-state index in [0.29, 0.717) is 6.04 Å². The number of rotatable bonds is 2. The highest BCUT2D eigenvalue weighted by molar-refractivity contribution is 5.97. The van der Waals surface area contributed by atoms with Crippen molar-refractivity contribution in [2.24, 2.45) is 0 Å². The Morgan fingerprint density at radius 2 is 1.96 bits per heavy atom. The van der Waals surface area contributed by atoms with Crippen molar-refractivity contribution in [3.05, 3.63) is 30.1 Å². The number of carbonyl (C=O) groups excluding carboxylic acids is 1. The van der Waals surface area contributed by atoms with E-state index in [2.05, 4.69) is 14.9 Å². The number of benzene rings is 1. The summed E-state index contributed by atoms with van der Waals surface area (Å²) >= 11 is 0. The van der Waals surface area contributed by atoms with Crippen LogP contribution in [0, 0.1) is 0 Å². The predicted octanol–water partition coefficient (Wildman–Crippen LogP) is 2.65. The molecule has 1 atom stereocenters. The van der Waals surface area contributed by atoms with E-state index in [1.807, 2.05) is 23.1 Å². The fourth-order valence-electron chi connectivity index (χ4n) is 4.00. The van der Waals surface area contributed by atoms with Crippen molar-refractivity contribution >= 4 is 16.9 Å². The minimum Gasteiger partial charge on any atom is -0.345 e. The minimum absolute atomic E-state index is 0.156. The third-order valence-corrected chi connectivity index (χ3v) is 5.31. The molecule has 1 unspecified atom stereocenters. The Bertz CT molecular complexity index is 689. The topological polar surface area (TPSA) is 52.2 Å². The molecule has 5 nitrogen and oxygen atoms in total. The summed E-state index contributed by atoms with van der Waals surface area (Å²) < 4.78 is 0. The molecule has 0 spiro atoms. The average Bonchev–Trinajstić information content (AvgIpc) is 3.21. The van der Waals surface area contributed by atoms with E-state index >= 15 is 0 Å². The molecule has 2 aliphatic heterocycles. The molecular weight excluding hydrogens is 288 g/mol. The van der Waals surface area contributed by atoms with Crippen LogP contribution >= 0.6 is 0 Å². The molecule has 1 aromatic carbocycles. The van der Waals surface area contributed by atoms with Crippen LogP contribution in [0.15, 0.2) is 24.5 Å². The quantitative estimate of drug-likeness (QED) is 0.927. The second-order valence-electron chi connectivity index (χ2n) is 6.75. The van der Waals surface area contributed by atoms with Crippen LogP contribution < -0.4 is 0 Å². The zero-order valence-corrected chi connectivity index (χ0v) is 13.5. The number of hydrogen-bond acceptors (Lipinski definition) is 3. The summed E-state index contributed by atoms with van der Waals surface area (Å²) in [5.74, 6) is 0.156. The van der Waals surface area contributed by atoms with E-state index in [1.165, 1.54) is 32.4 Å². The van der Waals surface area contributed by atoms with Gasteiger partial charge in [0.15, 0.2) is 0 Å². The molecular formula is C18H24N4O. The highest BCUT2D eigenvalue weighted by Gasteiger charge is 2.26. The predicted molar refractivity (Wildman–Crippen MR) is 90.4 cm³/mol. The molecule has 0 bridgehead atoms. The summed E-state index contributed by atoms with van der Waals surface area (Å²) in [6.07, 6.45) is 7.79. The van der Waals surface area contributed by atoms with Gasteiger partial charge in [-0.2, -0.15) is 0 Å². The first-order valence-electron chi connectivity index (χ1n) is 8.78. The molecule has 2 aromatic rings. The van der Waals surface area contributed by atoms with Crippen molar-refractivity contribution in [2.75, 3.05) is 26.2 Å². The number of nitrogens with one attached hydrogen (secondary N) is 1. The van der Waals surface area contributed by atoms with Crippen molar-refractivity contribution < 1.29 is 4.79 Å². The molecule has 122 valence electrons. The summed E-state index contributed by atoms with van der Waals surface area (Å²) in [5, 5.41) is 0. The molecule has 1 amide bonds. The van der Waals surface area contributed by atoms with E-state index in [9.17, 15) is 4.79 Å². The number of nitrogens with zero attached hydrogens (tertiary/aromatic N) is 3. The number of carbonyl (C=O) groups is 1. The normalized spacial score (nSPS) is 23.3. The van der Waals surface area contributed by atoms with Crippen LogP contribution in [0.3, 0.4) is 0 Å². The summed E-state index contributed by atoms with van der Waals surface area (Å²) in [6, 6.07) is 6.41. The van der Waals surface area contributed by atoms with Gasteiger partial charge in [-0.1, -0.05) is 0 Å². The first-order chi connectivity index (χ1) is 11.3. The van der Waals surface area contributed by atoms with Gasteiger partial charge in [-0.15, -0.1) is 0 Å².